The van der Waals surface area contributed by atoms with Gasteiger partial charge in [0.1, 0.15) is 0 Å². The molecule has 5 nitrogen and oxygen atoms in total. The average molecular weight is 351 g/mol. The van der Waals surface area contributed by atoms with Crippen molar-refractivity contribution in [3.63, 3.8) is 0 Å². The van der Waals surface area contributed by atoms with Gasteiger partial charge in [-0.25, -0.2) is 0 Å². The number of anilines is 1. The number of benzene rings is 1. The summed E-state index contributed by atoms with van der Waals surface area (Å²) in [7, 11) is 0. The lowest BCUT2D eigenvalue weighted by atomic mass is 10.2. The van der Waals surface area contributed by atoms with Crippen LogP contribution in [0.2, 0.25) is 0 Å². The number of hydrogen-bond donors (Lipinski definition) is 1. The van der Waals surface area contributed by atoms with Crippen molar-refractivity contribution in [2.75, 3.05) is 18.5 Å². The first-order chi connectivity index (χ1) is 10.2. The van der Waals surface area contributed by atoms with Crippen LogP contribution in [0.4, 0.5) is 5.95 Å². The van der Waals surface area contributed by atoms with Crippen molar-refractivity contribution in [3.8, 4) is 17.4 Å². The first kappa shape index (κ1) is 15.7. The van der Waals surface area contributed by atoms with E-state index < -0.39 is 0 Å². The van der Waals surface area contributed by atoms with Crippen LogP contribution in [-0.2, 0) is 0 Å². The van der Waals surface area contributed by atoms with Crippen LogP contribution in [0.25, 0.3) is 11.4 Å². The quantitative estimate of drug-likeness (QED) is 0.820. The van der Waals surface area contributed by atoms with E-state index >= 15 is 0 Å². The molecule has 21 heavy (non-hydrogen) atoms. The van der Waals surface area contributed by atoms with Gasteiger partial charge >= 0.3 is 6.01 Å². The minimum absolute atomic E-state index is 0.358. The topological polar surface area (TPSA) is 59.9 Å². The van der Waals surface area contributed by atoms with E-state index in [4.69, 9.17) is 4.74 Å². The predicted molar refractivity (Wildman–Crippen MR) is 87.5 cm³/mol. The van der Waals surface area contributed by atoms with Crippen LogP contribution in [0.15, 0.2) is 28.7 Å². The molecular formula is C15H19BrN4O. The zero-order valence-electron chi connectivity index (χ0n) is 12.3. The fourth-order valence-electron chi connectivity index (χ4n) is 1.69. The molecule has 2 aromatic rings. The summed E-state index contributed by atoms with van der Waals surface area (Å²) in [6, 6.07) is 8.20. The zero-order chi connectivity index (χ0) is 15.1. The lowest BCUT2D eigenvalue weighted by Gasteiger charge is -2.09. The molecule has 0 bridgehead atoms. The van der Waals surface area contributed by atoms with Gasteiger partial charge < -0.3 is 10.1 Å². The second-order valence-corrected chi connectivity index (χ2v) is 5.37. The van der Waals surface area contributed by atoms with Crippen molar-refractivity contribution in [2.24, 2.45) is 0 Å². The summed E-state index contributed by atoms with van der Waals surface area (Å²) in [6.07, 6.45) is 1.91. The highest BCUT2D eigenvalue weighted by Crippen LogP contribution is 2.26. The first-order valence-corrected chi connectivity index (χ1v) is 7.91. The van der Waals surface area contributed by atoms with Gasteiger partial charge in [-0.15, -0.1) is 0 Å². The van der Waals surface area contributed by atoms with Crippen molar-refractivity contribution in [2.45, 2.75) is 26.7 Å². The molecule has 0 amide bonds. The van der Waals surface area contributed by atoms with Crippen LogP contribution < -0.4 is 10.1 Å². The highest BCUT2D eigenvalue weighted by Gasteiger charge is 2.11. The summed E-state index contributed by atoms with van der Waals surface area (Å²) >= 11 is 3.53. The Kier molecular flexibility index (Phi) is 5.92. The van der Waals surface area contributed by atoms with E-state index in [1.54, 1.807) is 0 Å². The van der Waals surface area contributed by atoms with E-state index in [0.717, 1.165) is 29.4 Å². The number of nitrogens with one attached hydrogen (secondary N) is 1. The van der Waals surface area contributed by atoms with E-state index in [1.807, 2.05) is 31.2 Å². The van der Waals surface area contributed by atoms with E-state index in [-0.39, 0.29) is 0 Å². The molecule has 0 fully saturated rings. The van der Waals surface area contributed by atoms with Gasteiger partial charge in [-0.1, -0.05) is 48.0 Å². The maximum atomic E-state index is 5.56. The Morgan fingerprint density at radius 1 is 1.10 bits per heavy atom. The maximum Gasteiger partial charge on any atom is 0.321 e. The number of aromatic nitrogens is 3. The highest BCUT2D eigenvalue weighted by molar-refractivity contribution is 9.10. The second kappa shape index (κ2) is 7.93. The molecular weight excluding hydrogens is 332 g/mol. The molecule has 1 aromatic heterocycles. The third kappa shape index (κ3) is 4.39. The van der Waals surface area contributed by atoms with Crippen molar-refractivity contribution >= 4 is 21.9 Å². The lowest BCUT2D eigenvalue weighted by molar-refractivity contribution is 0.292. The Balaban J connectivity index is 2.36. The van der Waals surface area contributed by atoms with Crippen LogP contribution >= 0.6 is 15.9 Å². The fourth-order valence-corrected chi connectivity index (χ4v) is 2.16. The summed E-state index contributed by atoms with van der Waals surface area (Å²) in [4.78, 5) is 13.2. The highest BCUT2D eigenvalue weighted by atomic mass is 79.9. The predicted octanol–water partition coefficient (Wildman–Crippen LogP) is 3.91. The Bertz CT molecular complexity index is 565. The first-order valence-electron chi connectivity index (χ1n) is 7.12. The van der Waals surface area contributed by atoms with Crippen LogP contribution in [0, 0.1) is 0 Å². The second-order valence-electron chi connectivity index (χ2n) is 4.52. The van der Waals surface area contributed by atoms with E-state index in [2.05, 4.69) is 43.1 Å². The molecule has 0 radical (unpaired) electrons. The van der Waals surface area contributed by atoms with Crippen molar-refractivity contribution in [1.29, 1.82) is 0 Å². The lowest BCUT2D eigenvalue weighted by Crippen LogP contribution is -2.09. The third-order valence-electron chi connectivity index (χ3n) is 2.70. The van der Waals surface area contributed by atoms with Gasteiger partial charge in [0, 0.05) is 16.6 Å². The standard InChI is InChI=1S/C15H19BrN4O/c1-3-9-17-14-18-13(11-7-5-6-8-12(11)16)19-15(20-14)21-10-4-2/h5-8H,3-4,9-10H2,1-2H3,(H,17,18,19,20). The van der Waals surface area contributed by atoms with E-state index in [1.165, 1.54) is 0 Å². The molecule has 1 aromatic carbocycles. The van der Waals surface area contributed by atoms with Gasteiger partial charge in [-0.05, 0) is 18.9 Å². The molecule has 112 valence electrons. The molecule has 0 aliphatic rings. The molecule has 6 heteroatoms. The Morgan fingerprint density at radius 2 is 1.90 bits per heavy atom. The Labute approximate surface area is 133 Å². The molecule has 1 N–H and O–H groups in total. The SMILES string of the molecule is CCCNc1nc(OCCC)nc(-c2ccccc2Br)n1. The molecule has 0 saturated heterocycles. The Hall–Kier alpha value is -1.69. The molecule has 0 aliphatic heterocycles. The number of rotatable bonds is 7. The van der Waals surface area contributed by atoms with Gasteiger partial charge in [0.15, 0.2) is 5.82 Å². The average Bonchev–Trinajstić information content (AvgIpc) is 2.51. The molecule has 0 atom stereocenters. The van der Waals surface area contributed by atoms with E-state index in [9.17, 15) is 0 Å². The van der Waals surface area contributed by atoms with Gasteiger partial charge in [0.05, 0.1) is 6.61 Å². The number of hydrogen-bond acceptors (Lipinski definition) is 5. The summed E-state index contributed by atoms with van der Waals surface area (Å²) in [6.45, 7) is 5.54. The number of nitrogens with zero attached hydrogens (tertiary/aromatic N) is 3. The minimum Gasteiger partial charge on any atom is -0.463 e. The summed E-state index contributed by atoms with van der Waals surface area (Å²) < 4.78 is 6.50. The van der Waals surface area contributed by atoms with Gasteiger partial charge in [0.2, 0.25) is 5.95 Å². The van der Waals surface area contributed by atoms with Crippen molar-refractivity contribution in [3.05, 3.63) is 28.7 Å². The van der Waals surface area contributed by atoms with Crippen molar-refractivity contribution < 1.29 is 4.74 Å². The van der Waals surface area contributed by atoms with Gasteiger partial charge in [-0.3, -0.25) is 0 Å². The Morgan fingerprint density at radius 3 is 2.62 bits per heavy atom. The number of ether oxygens (including phenoxy) is 1. The van der Waals surface area contributed by atoms with E-state index in [0.29, 0.717) is 24.4 Å². The van der Waals surface area contributed by atoms with Gasteiger partial charge in [0.25, 0.3) is 0 Å². The van der Waals surface area contributed by atoms with Gasteiger partial charge in [-0.2, -0.15) is 15.0 Å². The fraction of sp³-hybridized carbons (Fsp3) is 0.400. The van der Waals surface area contributed by atoms with Crippen LogP contribution in [0.1, 0.15) is 26.7 Å². The minimum atomic E-state index is 0.358. The van der Waals surface area contributed by atoms with Crippen LogP contribution in [0.3, 0.4) is 0 Å². The summed E-state index contributed by atoms with van der Waals surface area (Å²) in [5, 5.41) is 3.18. The van der Waals surface area contributed by atoms with Crippen molar-refractivity contribution in [1.82, 2.24) is 15.0 Å². The molecule has 1 heterocycles. The molecule has 0 unspecified atom stereocenters. The largest absolute Gasteiger partial charge is 0.463 e. The number of halogens is 1. The summed E-state index contributed by atoms with van der Waals surface area (Å²) in [5.41, 5.74) is 0.917. The molecule has 0 spiro atoms. The van der Waals surface area contributed by atoms with Crippen LogP contribution in [0.5, 0.6) is 6.01 Å². The molecule has 0 saturated carbocycles. The van der Waals surface area contributed by atoms with Crippen LogP contribution in [-0.4, -0.2) is 28.1 Å². The monoisotopic (exact) mass is 350 g/mol. The third-order valence-corrected chi connectivity index (χ3v) is 3.39. The molecule has 0 aliphatic carbocycles. The zero-order valence-corrected chi connectivity index (χ0v) is 13.9. The molecule has 2 rings (SSSR count). The smallest absolute Gasteiger partial charge is 0.321 e. The summed E-state index contributed by atoms with van der Waals surface area (Å²) in [5.74, 6) is 1.14. The maximum absolute atomic E-state index is 5.56. The normalized spacial score (nSPS) is 10.4.